The number of sulfonamides is 1. The second-order valence-corrected chi connectivity index (χ2v) is 11.8. The van der Waals surface area contributed by atoms with Crippen molar-refractivity contribution in [3.05, 3.63) is 107 Å². The normalized spacial score (nSPS) is 14.3. The summed E-state index contributed by atoms with van der Waals surface area (Å²) in [6.45, 7) is 3.72. The number of halogens is 2. The summed E-state index contributed by atoms with van der Waals surface area (Å²) < 4.78 is 40.3. The van der Waals surface area contributed by atoms with Crippen LogP contribution in [0.3, 0.4) is 0 Å². The number of aromatic nitrogens is 2. The highest BCUT2D eigenvalue weighted by atomic mass is 35.5. The van der Waals surface area contributed by atoms with Crippen molar-refractivity contribution >= 4 is 33.3 Å². The highest BCUT2D eigenvalue weighted by molar-refractivity contribution is 7.89. The number of hydrogen-bond acceptors (Lipinski definition) is 4. The van der Waals surface area contributed by atoms with Crippen LogP contribution in [0.1, 0.15) is 30.9 Å². The van der Waals surface area contributed by atoms with Gasteiger partial charge in [-0.15, -0.1) is 0 Å². The third kappa shape index (κ3) is 5.75. The van der Waals surface area contributed by atoms with E-state index in [1.54, 1.807) is 36.7 Å². The second-order valence-electron chi connectivity index (χ2n) is 9.51. The van der Waals surface area contributed by atoms with Crippen LogP contribution in [0, 0.1) is 5.82 Å². The molecule has 2 aromatic heterocycles. The summed E-state index contributed by atoms with van der Waals surface area (Å²) >= 11 is 6.12. The Morgan fingerprint density at radius 3 is 2.50 bits per heavy atom. The number of nitrogens with zero attached hydrogens (tertiary/aromatic N) is 2. The maximum atomic E-state index is 13.9. The number of nitrogens with one attached hydrogen (secondary N) is 2. The fourth-order valence-corrected chi connectivity index (χ4v) is 5.93. The van der Waals surface area contributed by atoms with Crippen LogP contribution in [-0.4, -0.2) is 43.4 Å². The van der Waals surface area contributed by atoms with E-state index >= 15 is 0 Å². The number of hydrogen-bond donors (Lipinski definition) is 2. The zero-order chi connectivity index (χ0) is 28.3. The first kappa shape index (κ1) is 27.8. The van der Waals surface area contributed by atoms with Gasteiger partial charge in [-0.2, -0.15) is 0 Å². The zero-order valence-corrected chi connectivity index (χ0v) is 23.9. The van der Waals surface area contributed by atoms with Crippen LogP contribution < -0.4 is 4.72 Å². The SMILES string of the molecule is CCC(=Cc1ccc(S(=O)(=O)NC)cc1)N1CC=C(c2c[nH]c(-c3ccc(F)c(Cl)c3)c2-c2ccncc2)CC1. The molecular weight excluding hydrogens is 547 g/mol. The third-order valence-electron chi connectivity index (χ3n) is 7.17. The number of aromatic amines is 1. The first-order valence-electron chi connectivity index (χ1n) is 13.1. The molecule has 6 nitrogen and oxygen atoms in total. The second kappa shape index (κ2) is 11.8. The van der Waals surface area contributed by atoms with E-state index in [2.05, 4.69) is 38.7 Å². The van der Waals surface area contributed by atoms with Gasteiger partial charge in [0.25, 0.3) is 0 Å². The maximum absolute atomic E-state index is 13.9. The fourth-order valence-electron chi connectivity index (χ4n) is 5.02. The average Bonchev–Trinajstić information content (AvgIpc) is 3.43. The van der Waals surface area contributed by atoms with Crippen molar-refractivity contribution in [3.63, 3.8) is 0 Å². The molecule has 2 N–H and O–H groups in total. The van der Waals surface area contributed by atoms with Gasteiger partial charge in [0.1, 0.15) is 5.82 Å². The summed E-state index contributed by atoms with van der Waals surface area (Å²) in [5.74, 6) is -0.448. The van der Waals surface area contributed by atoms with Gasteiger partial charge in [0.2, 0.25) is 10.0 Å². The summed E-state index contributed by atoms with van der Waals surface area (Å²) in [5, 5.41) is 0.0824. The van der Waals surface area contributed by atoms with E-state index in [0.29, 0.717) is 0 Å². The van der Waals surface area contributed by atoms with Crippen molar-refractivity contribution in [3.8, 4) is 22.4 Å². The number of allylic oxidation sites excluding steroid dienone is 1. The molecule has 40 heavy (non-hydrogen) atoms. The lowest BCUT2D eigenvalue weighted by atomic mass is 9.92. The Bertz CT molecular complexity index is 1680. The number of benzene rings is 2. The summed E-state index contributed by atoms with van der Waals surface area (Å²) in [5.41, 5.74) is 8.21. The maximum Gasteiger partial charge on any atom is 0.240 e. The van der Waals surface area contributed by atoms with Gasteiger partial charge >= 0.3 is 0 Å². The summed E-state index contributed by atoms with van der Waals surface area (Å²) in [7, 11) is -2.06. The first-order chi connectivity index (χ1) is 19.3. The predicted octanol–water partition coefficient (Wildman–Crippen LogP) is 6.98. The lowest BCUT2D eigenvalue weighted by Crippen LogP contribution is -2.27. The van der Waals surface area contributed by atoms with Gasteiger partial charge in [-0.25, -0.2) is 17.5 Å². The summed E-state index contributed by atoms with van der Waals surface area (Å²) in [4.78, 5) is 10.2. The van der Waals surface area contributed by atoms with Gasteiger partial charge < -0.3 is 9.88 Å². The molecule has 2 aromatic carbocycles. The molecule has 0 fully saturated rings. The average molecular weight is 577 g/mol. The van der Waals surface area contributed by atoms with Crippen LogP contribution in [0.2, 0.25) is 5.02 Å². The molecule has 0 bridgehead atoms. The van der Waals surface area contributed by atoms with Crippen LogP contribution >= 0.6 is 11.6 Å². The van der Waals surface area contributed by atoms with Crippen LogP contribution in [-0.2, 0) is 10.0 Å². The topological polar surface area (TPSA) is 78.1 Å². The van der Waals surface area contributed by atoms with Crippen molar-refractivity contribution in [2.45, 2.75) is 24.7 Å². The van der Waals surface area contributed by atoms with E-state index in [1.807, 2.05) is 30.5 Å². The molecule has 4 aromatic rings. The van der Waals surface area contributed by atoms with Crippen LogP contribution in [0.15, 0.2) is 89.9 Å². The molecule has 206 valence electrons. The summed E-state index contributed by atoms with van der Waals surface area (Å²) in [6, 6.07) is 15.6. The van der Waals surface area contributed by atoms with Gasteiger partial charge in [-0.3, -0.25) is 4.98 Å². The Morgan fingerprint density at radius 2 is 1.88 bits per heavy atom. The summed E-state index contributed by atoms with van der Waals surface area (Å²) in [6.07, 6.45) is 11.6. The molecule has 0 atom stereocenters. The molecule has 3 heterocycles. The van der Waals surface area contributed by atoms with E-state index in [9.17, 15) is 12.8 Å². The van der Waals surface area contributed by atoms with Crippen molar-refractivity contribution in [2.75, 3.05) is 20.1 Å². The van der Waals surface area contributed by atoms with Gasteiger partial charge in [0.05, 0.1) is 15.6 Å². The standard InChI is InChI=1S/C31H30ClFN4O2S/c1-3-25(18-21-4-7-26(8-5-21)40(38,39)34-2)37-16-12-22(13-17-37)27-20-36-31(24-6-9-29(33)28(32)19-24)30(27)23-10-14-35-15-11-23/h4-12,14-15,18-20,34,36H,3,13,16-17H2,1-2H3. The molecule has 0 saturated carbocycles. The minimum Gasteiger partial charge on any atom is -0.371 e. The van der Waals surface area contributed by atoms with Gasteiger partial charge in [0.15, 0.2) is 0 Å². The van der Waals surface area contributed by atoms with E-state index in [-0.39, 0.29) is 9.92 Å². The van der Waals surface area contributed by atoms with Crippen LogP contribution in [0.4, 0.5) is 4.39 Å². The molecule has 9 heteroatoms. The van der Waals surface area contributed by atoms with Crippen molar-refractivity contribution in [2.24, 2.45) is 0 Å². The van der Waals surface area contributed by atoms with Gasteiger partial charge in [-0.1, -0.05) is 36.7 Å². The van der Waals surface area contributed by atoms with Crippen LogP contribution in [0.5, 0.6) is 0 Å². The van der Waals surface area contributed by atoms with Crippen LogP contribution in [0.25, 0.3) is 34.0 Å². The molecular formula is C31H30ClFN4O2S. The molecule has 0 radical (unpaired) electrons. The molecule has 1 aliphatic rings. The van der Waals surface area contributed by atoms with Crippen molar-refractivity contribution in [1.29, 1.82) is 0 Å². The molecule has 0 amide bonds. The molecule has 0 spiro atoms. The van der Waals surface area contributed by atoms with Crippen molar-refractivity contribution < 1.29 is 12.8 Å². The Kier molecular flexibility index (Phi) is 8.21. The minimum absolute atomic E-state index is 0.0824. The first-order valence-corrected chi connectivity index (χ1v) is 14.9. The Hall–Kier alpha value is -3.72. The Labute approximate surface area is 239 Å². The lowest BCUT2D eigenvalue weighted by Gasteiger charge is -2.30. The number of pyridine rings is 1. The highest BCUT2D eigenvalue weighted by Crippen LogP contribution is 2.40. The molecule has 1 aliphatic heterocycles. The molecule has 0 aliphatic carbocycles. The number of H-pyrrole nitrogens is 1. The van der Waals surface area contributed by atoms with E-state index in [1.165, 1.54) is 24.4 Å². The quantitative estimate of drug-likeness (QED) is 0.237. The monoisotopic (exact) mass is 576 g/mol. The molecule has 0 saturated heterocycles. The third-order valence-corrected chi connectivity index (χ3v) is 8.89. The smallest absolute Gasteiger partial charge is 0.240 e. The van der Waals surface area contributed by atoms with Crippen molar-refractivity contribution in [1.82, 2.24) is 19.6 Å². The Balaban J connectivity index is 1.44. The number of rotatable bonds is 8. The zero-order valence-electron chi connectivity index (χ0n) is 22.3. The van der Waals surface area contributed by atoms with E-state index in [4.69, 9.17) is 11.6 Å². The lowest BCUT2D eigenvalue weighted by molar-refractivity contribution is 0.372. The highest BCUT2D eigenvalue weighted by Gasteiger charge is 2.22. The molecule has 0 unspecified atom stereocenters. The predicted molar refractivity (Wildman–Crippen MR) is 160 cm³/mol. The van der Waals surface area contributed by atoms with E-state index < -0.39 is 15.8 Å². The van der Waals surface area contributed by atoms with Gasteiger partial charge in [0, 0.05) is 54.1 Å². The molecule has 5 rings (SSSR count). The fraction of sp³-hybridized carbons (Fsp3) is 0.194. The van der Waals surface area contributed by atoms with Gasteiger partial charge in [-0.05, 0) is 85.1 Å². The minimum atomic E-state index is -3.46. The largest absolute Gasteiger partial charge is 0.371 e. The van der Waals surface area contributed by atoms with E-state index in [0.717, 1.165) is 59.4 Å². The Morgan fingerprint density at radius 1 is 1.12 bits per heavy atom.